The van der Waals surface area contributed by atoms with Crippen molar-refractivity contribution in [2.45, 2.75) is 71.0 Å². The van der Waals surface area contributed by atoms with Crippen LogP contribution in [0.2, 0.25) is 0 Å². The molecule has 0 spiro atoms. The highest BCUT2D eigenvalue weighted by atomic mass is 19.1. The van der Waals surface area contributed by atoms with Gasteiger partial charge < -0.3 is 25.8 Å². The van der Waals surface area contributed by atoms with Crippen molar-refractivity contribution in [1.29, 1.82) is 0 Å². The molecule has 1 aliphatic carbocycles. The van der Waals surface area contributed by atoms with Gasteiger partial charge in [-0.2, -0.15) is 4.98 Å². The lowest BCUT2D eigenvalue weighted by atomic mass is 9.88. The van der Waals surface area contributed by atoms with Crippen molar-refractivity contribution in [3.63, 3.8) is 0 Å². The molecule has 4 N–H and O–H groups in total. The van der Waals surface area contributed by atoms with E-state index in [1.807, 2.05) is 20.8 Å². The SMILES string of the molecule is CCOc1nc(N[C@H]2CC[C@H](N(C(=O)O)C(C)(C)C)CC2)c(F)cc1C(N)=O. The fourth-order valence-corrected chi connectivity index (χ4v) is 3.66. The molecular weight excluding hydrogens is 367 g/mol. The zero-order valence-electron chi connectivity index (χ0n) is 16.8. The molecule has 28 heavy (non-hydrogen) atoms. The molecule has 0 atom stereocenters. The number of carbonyl (C=O) groups excluding carboxylic acids is 1. The Morgan fingerprint density at radius 3 is 2.43 bits per heavy atom. The van der Waals surface area contributed by atoms with E-state index in [9.17, 15) is 19.1 Å². The van der Waals surface area contributed by atoms with E-state index < -0.39 is 23.4 Å². The van der Waals surface area contributed by atoms with Gasteiger partial charge in [-0.15, -0.1) is 0 Å². The number of rotatable bonds is 6. The molecule has 1 aromatic heterocycles. The number of nitrogens with zero attached hydrogens (tertiary/aromatic N) is 2. The van der Waals surface area contributed by atoms with Gasteiger partial charge in [-0.05, 0) is 59.4 Å². The monoisotopic (exact) mass is 396 g/mol. The van der Waals surface area contributed by atoms with Gasteiger partial charge in [-0.3, -0.25) is 4.79 Å². The number of amides is 2. The Bertz CT molecular complexity index is 727. The number of hydrogen-bond acceptors (Lipinski definition) is 5. The summed E-state index contributed by atoms with van der Waals surface area (Å²) >= 11 is 0. The van der Waals surface area contributed by atoms with Crippen molar-refractivity contribution < 1.29 is 23.8 Å². The molecule has 0 radical (unpaired) electrons. The summed E-state index contributed by atoms with van der Waals surface area (Å²) in [7, 11) is 0. The Balaban J connectivity index is 2.09. The number of nitrogens with one attached hydrogen (secondary N) is 1. The Kier molecular flexibility index (Phi) is 6.69. The number of pyridine rings is 1. The molecule has 0 aromatic carbocycles. The summed E-state index contributed by atoms with van der Waals surface area (Å²) in [6, 6.07) is 0.896. The summed E-state index contributed by atoms with van der Waals surface area (Å²) in [5, 5.41) is 12.6. The van der Waals surface area contributed by atoms with Crippen LogP contribution >= 0.6 is 0 Å². The second-order valence-corrected chi connectivity index (χ2v) is 7.94. The number of ether oxygens (including phenoxy) is 1. The number of anilines is 1. The molecule has 8 nitrogen and oxygen atoms in total. The Labute approximate surface area is 164 Å². The van der Waals surface area contributed by atoms with E-state index in [4.69, 9.17) is 10.5 Å². The predicted octanol–water partition coefficient (Wildman–Crippen LogP) is 3.22. The van der Waals surface area contributed by atoms with Crippen LogP contribution in [0.5, 0.6) is 5.88 Å². The lowest BCUT2D eigenvalue weighted by molar-refractivity contribution is 0.0556. The third-order valence-corrected chi connectivity index (χ3v) is 4.82. The van der Waals surface area contributed by atoms with Gasteiger partial charge in [0.25, 0.3) is 5.91 Å². The molecule has 156 valence electrons. The molecule has 1 aliphatic rings. The Morgan fingerprint density at radius 1 is 1.36 bits per heavy atom. The maximum atomic E-state index is 14.4. The molecule has 0 bridgehead atoms. The summed E-state index contributed by atoms with van der Waals surface area (Å²) in [5.74, 6) is -1.49. The van der Waals surface area contributed by atoms with Crippen LogP contribution in [0.1, 0.15) is 63.7 Å². The molecule has 1 aromatic rings. The minimum atomic E-state index is -0.931. The summed E-state index contributed by atoms with van der Waals surface area (Å²) in [5.41, 5.74) is 4.67. The molecule has 1 saturated carbocycles. The van der Waals surface area contributed by atoms with E-state index in [2.05, 4.69) is 10.3 Å². The van der Waals surface area contributed by atoms with Gasteiger partial charge in [0.15, 0.2) is 11.6 Å². The van der Waals surface area contributed by atoms with Crippen molar-refractivity contribution in [2.24, 2.45) is 5.73 Å². The third kappa shape index (κ3) is 5.02. The molecule has 1 heterocycles. The average Bonchev–Trinajstić information content (AvgIpc) is 2.57. The standard InChI is InChI=1S/C19H29FN4O4/c1-5-28-17-13(15(21)25)10-14(20)16(23-17)22-11-6-8-12(9-7-11)24(18(26)27)19(2,3)4/h10-12H,5-9H2,1-4H3,(H2,21,25)(H,22,23)(H,26,27)/t11-,12-. The number of primary amides is 1. The first-order chi connectivity index (χ1) is 13.0. The largest absolute Gasteiger partial charge is 0.477 e. The second-order valence-electron chi connectivity index (χ2n) is 7.94. The van der Waals surface area contributed by atoms with E-state index in [-0.39, 0.29) is 36.0 Å². The maximum Gasteiger partial charge on any atom is 0.407 e. The molecule has 0 aliphatic heterocycles. The van der Waals surface area contributed by atoms with Crippen LogP contribution < -0.4 is 15.8 Å². The number of aromatic nitrogens is 1. The Hall–Kier alpha value is -2.58. The second kappa shape index (κ2) is 8.62. The summed E-state index contributed by atoms with van der Waals surface area (Å²) in [6.07, 6.45) is 1.75. The van der Waals surface area contributed by atoms with E-state index >= 15 is 0 Å². The van der Waals surface area contributed by atoms with Gasteiger partial charge >= 0.3 is 6.09 Å². The summed E-state index contributed by atoms with van der Waals surface area (Å²) in [4.78, 5) is 28.7. The predicted molar refractivity (Wildman–Crippen MR) is 103 cm³/mol. The van der Waals surface area contributed by atoms with E-state index in [1.165, 1.54) is 4.90 Å². The van der Waals surface area contributed by atoms with E-state index in [0.717, 1.165) is 6.07 Å². The average molecular weight is 396 g/mol. The topological polar surface area (TPSA) is 118 Å². The smallest absolute Gasteiger partial charge is 0.407 e. The highest BCUT2D eigenvalue weighted by Crippen LogP contribution is 2.31. The first-order valence-corrected chi connectivity index (χ1v) is 9.46. The van der Waals surface area contributed by atoms with Crippen molar-refractivity contribution in [3.8, 4) is 5.88 Å². The minimum absolute atomic E-state index is 0.00243. The number of halogens is 1. The zero-order chi connectivity index (χ0) is 21.1. The zero-order valence-corrected chi connectivity index (χ0v) is 16.8. The van der Waals surface area contributed by atoms with E-state index in [1.54, 1.807) is 6.92 Å². The van der Waals surface area contributed by atoms with Gasteiger partial charge in [0.1, 0.15) is 5.56 Å². The van der Waals surface area contributed by atoms with Crippen molar-refractivity contribution >= 4 is 17.8 Å². The molecule has 9 heteroatoms. The molecular formula is C19H29FN4O4. The van der Waals surface area contributed by atoms with Crippen LogP contribution in [0.3, 0.4) is 0 Å². The number of hydrogen-bond donors (Lipinski definition) is 3. The Morgan fingerprint density at radius 2 is 1.96 bits per heavy atom. The quantitative estimate of drug-likeness (QED) is 0.679. The summed E-state index contributed by atoms with van der Waals surface area (Å²) in [6.45, 7) is 7.62. The van der Waals surface area contributed by atoms with Crippen LogP contribution in [0.4, 0.5) is 15.0 Å². The van der Waals surface area contributed by atoms with Crippen LogP contribution in [0, 0.1) is 5.82 Å². The molecule has 0 unspecified atom stereocenters. The van der Waals surface area contributed by atoms with Crippen LogP contribution in [-0.2, 0) is 0 Å². The first kappa shape index (κ1) is 21.7. The van der Waals surface area contributed by atoms with Crippen LogP contribution in [-0.4, -0.2) is 51.2 Å². The van der Waals surface area contributed by atoms with Crippen LogP contribution in [0.15, 0.2) is 6.07 Å². The number of carboxylic acid groups (broad SMARTS) is 1. The van der Waals surface area contributed by atoms with Gasteiger partial charge in [0.05, 0.1) is 6.61 Å². The fourth-order valence-electron chi connectivity index (χ4n) is 3.66. The molecule has 2 rings (SSSR count). The van der Waals surface area contributed by atoms with Gasteiger partial charge in [0, 0.05) is 17.6 Å². The fraction of sp³-hybridized carbons (Fsp3) is 0.632. The van der Waals surface area contributed by atoms with Gasteiger partial charge in [-0.1, -0.05) is 0 Å². The normalized spacial score (nSPS) is 19.8. The van der Waals surface area contributed by atoms with Gasteiger partial charge in [-0.25, -0.2) is 9.18 Å². The summed E-state index contributed by atoms with van der Waals surface area (Å²) < 4.78 is 19.7. The van der Waals surface area contributed by atoms with Crippen molar-refractivity contribution in [1.82, 2.24) is 9.88 Å². The lowest BCUT2D eigenvalue weighted by Gasteiger charge is -2.42. The highest BCUT2D eigenvalue weighted by molar-refractivity contribution is 5.95. The minimum Gasteiger partial charge on any atom is -0.477 e. The molecule has 2 amide bonds. The van der Waals surface area contributed by atoms with E-state index in [0.29, 0.717) is 25.7 Å². The van der Waals surface area contributed by atoms with Crippen molar-refractivity contribution in [2.75, 3.05) is 11.9 Å². The lowest BCUT2D eigenvalue weighted by Crippen LogP contribution is -2.52. The maximum absolute atomic E-state index is 14.4. The molecule has 1 fully saturated rings. The first-order valence-electron chi connectivity index (χ1n) is 9.46. The van der Waals surface area contributed by atoms with Crippen LogP contribution in [0.25, 0.3) is 0 Å². The number of carbonyl (C=O) groups is 2. The highest BCUT2D eigenvalue weighted by Gasteiger charge is 2.35. The van der Waals surface area contributed by atoms with Gasteiger partial charge in [0.2, 0.25) is 5.88 Å². The van der Waals surface area contributed by atoms with Crippen molar-refractivity contribution in [3.05, 3.63) is 17.4 Å². The third-order valence-electron chi connectivity index (χ3n) is 4.82. The number of nitrogens with two attached hydrogens (primary N) is 1. The molecule has 0 saturated heterocycles.